The van der Waals surface area contributed by atoms with E-state index in [1.807, 2.05) is 0 Å². The first-order valence-electron chi connectivity index (χ1n) is 6.01. The van der Waals surface area contributed by atoms with Gasteiger partial charge in [0.15, 0.2) is 0 Å². The Labute approximate surface area is 114 Å². The molecule has 20 heavy (non-hydrogen) atoms. The van der Waals surface area contributed by atoms with Crippen LogP contribution in [0.5, 0.6) is 0 Å². The highest BCUT2D eigenvalue weighted by atomic mass is 19.4. The summed E-state index contributed by atoms with van der Waals surface area (Å²) in [6, 6.07) is 10.5. The maximum absolute atomic E-state index is 13.2. The molecule has 0 amide bonds. The summed E-state index contributed by atoms with van der Waals surface area (Å²) in [4.78, 5) is 0. The molecule has 0 radical (unpaired) electrons. The van der Waals surface area contributed by atoms with Crippen molar-refractivity contribution in [2.24, 2.45) is 0 Å². The fourth-order valence-corrected chi connectivity index (χ4v) is 2.08. The van der Waals surface area contributed by atoms with Gasteiger partial charge in [0.1, 0.15) is 5.82 Å². The number of rotatable bonds is 3. The van der Waals surface area contributed by atoms with Gasteiger partial charge in [-0.3, -0.25) is 0 Å². The molecular weight excluding hydrogens is 270 g/mol. The summed E-state index contributed by atoms with van der Waals surface area (Å²) < 4.78 is 50.8. The Balaban J connectivity index is 2.33. The smallest absolute Gasteiger partial charge is 0.309 e. The zero-order chi connectivity index (χ0) is 14.8. The predicted octanol–water partition coefficient (Wildman–Crippen LogP) is 4.15. The van der Waals surface area contributed by atoms with E-state index in [1.54, 1.807) is 19.2 Å². The topological polar surface area (TPSA) is 12.0 Å². The van der Waals surface area contributed by atoms with Crippen LogP contribution in [0.1, 0.15) is 22.7 Å². The molecule has 0 spiro atoms. The van der Waals surface area contributed by atoms with Crippen LogP contribution >= 0.6 is 0 Å². The Morgan fingerprint density at radius 2 is 1.60 bits per heavy atom. The molecule has 0 aromatic heterocycles. The molecule has 0 fully saturated rings. The van der Waals surface area contributed by atoms with Gasteiger partial charge in [0, 0.05) is 0 Å². The van der Waals surface area contributed by atoms with Crippen LogP contribution < -0.4 is 5.32 Å². The van der Waals surface area contributed by atoms with Gasteiger partial charge in [-0.25, -0.2) is 4.39 Å². The van der Waals surface area contributed by atoms with Gasteiger partial charge in [0.25, 0.3) is 0 Å². The van der Waals surface area contributed by atoms with E-state index >= 15 is 0 Å². The molecule has 1 atom stereocenters. The molecule has 0 aliphatic heterocycles. The van der Waals surface area contributed by atoms with Gasteiger partial charge < -0.3 is 5.32 Å². The summed E-state index contributed by atoms with van der Waals surface area (Å²) in [6.07, 6.45) is -4.35. The molecule has 1 nitrogen and oxygen atoms in total. The second-order valence-corrected chi connectivity index (χ2v) is 4.40. The highest BCUT2D eigenvalue weighted by molar-refractivity contribution is 5.34. The van der Waals surface area contributed by atoms with Crippen molar-refractivity contribution < 1.29 is 17.6 Å². The van der Waals surface area contributed by atoms with Gasteiger partial charge in [-0.2, -0.15) is 13.2 Å². The number of benzene rings is 2. The van der Waals surface area contributed by atoms with Crippen LogP contribution in [0.15, 0.2) is 48.5 Å². The summed E-state index contributed by atoms with van der Waals surface area (Å²) in [5, 5.41) is 2.97. The molecule has 0 saturated carbocycles. The highest BCUT2D eigenvalue weighted by Crippen LogP contribution is 2.31. The Kier molecular flexibility index (Phi) is 4.09. The van der Waals surface area contributed by atoms with Crippen molar-refractivity contribution in [3.63, 3.8) is 0 Å². The Hall–Kier alpha value is -1.88. The maximum Gasteiger partial charge on any atom is 0.416 e. The minimum absolute atomic E-state index is 0.354. The SMILES string of the molecule is CNC(c1ccc(C(F)(F)F)cc1)c1cccc(F)c1. The van der Waals surface area contributed by atoms with Crippen molar-refractivity contribution in [1.82, 2.24) is 5.32 Å². The number of alkyl halides is 3. The van der Waals surface area contributed by atoms with E-state index in [0.717, 1.165) is 12.1 Å². The van der Waals surface area contributed by atoms with E-state index in [-0.39, 0.29) is 11.9 Å². The molecule has 0 aliphatic rings. The summed E-state index contributed by atoms with van der Waals surface area (Å²) in [7, 11) is 1.67. The van der Waals surface area contributed by atoms with Gasteiger partial charge in [0.05, 0.1) is 11.6 Å². The predicted molar refractivity (Wildman–Crippen MR) is 68.7 cm³/mol. The van der Waals surface area contributed by atoms with Crippen LogP contribution in [0.4, 0.5) is 17.6 Å². The largest absolute Gasteiger partial charge is 0.416 e. The van der Waals surface area contributed by atoms with Gasteiger partial charge in [-0.05, 0) is 42.4 Å². The molecule has 106 valence electrons. The lowest BCUT2D eigenvalue weighted by Gasteiger charge is -2.18. The second-order valence-electron chi connectivity index (χ2n) is 4.40. The fraction of sp³-hybridized carbons (Fsp3) is 0.200. The van der Waals surface area contributed by atoms with E-state index < -0.39 is 11.7 Å². The molecule has 2 aromatic rings. The minimum atomic E-state index is -4.35. The summed E-state index contributed by atoms with van der Waals surface area (Å²) in [6.45, 7) is 0. The van der Waals surface area contributed by atoms with Crippen LogP contribution in [-0.2, 0) is 6.18 Å². The molecule has 1 N–H and O–H groups in total. The summed E-state index contributed by atoms with van der Waals surface area (Å²) in [5.74, 6) is -0.380. The van der Waals surface area contributed by atoms with Gasteiger partial charge in [0.2, 0.25) is 0 Å². The molecular formula is C15H13F4N. The van der Waals surface area contributed by atoms with Crippen molar-refractivity contribution in [2.75, 3.05) is 7.05 Å². The lowest BCUT2D eigenvalue weighted by atomic mass is 9.98. The standard InChI is InChI=1S/C15H13F4N/c1-20-14(11-3-2-4-13(16)9-11)10-5-7-12(8-6-10)15(17,18)19/h2-9,14,20H,1H3. The first-order valence-corrected chi connectivity index (χ1v) is 6.01. The first-order chi connectivity index (χ1) is 9.41. The van der Waals surface area contributed by atoms with Crippen molar-refractivity contribution in [1.29, 1.82) is 0 Å². The highest BCUT2D eigenvalue weighted by Gasteiger charge is 2.30. The fourth-order valence-electron chi connectivity index (χ4n) is 2.08. The van der Waals surface area contributed by atoms with Crippen LogP contribution in [0.25, 0.3) is 0 Å². The van der Waals surface area contributed by atoms with Crippen molar-refractivity contribution in [3.05, 3.63) is 71.0 Å². The van der Waals surface area contributed by atoms with E-state index in [0.29, 0.717) is 11.1 Å². The number of halogens is 4. The van der Waals surface area contributed by atoms with Gasteiger partial charge in [-0.1, -0.05) is 24.3 Å². The van der Waals surface area contributed by atoms with Crippen LogP contribution in [0.2, 0.25) is 0 Å². The molecule has 0 saturated heterocycles. The van der Waals surface area contributed by atoms with Crippen LogP contribution in [-0.4, -0.2) is 7.05 Å². The second kappa shape index (κ2) is 5.63. The zero-order valence-electron chi connectivity index (χ0n) is 10.7. The third-order valence-corrected chi connectivity index (χ3v) is 3.04. The van der Waals surface area contributed by atoms with Gasteiger partial charge >= 0.3 is 6.18 Å². The van der Waals surface area contributed by atoms with Crippen molar-refractivity contribution in [3.8, 4) is 0 Å². The zero-order valence-corrected chi connectivity index (χ0v) is 10.7. The average molecular weight is 283 g/mol. The van der Waals surface area contributed by atoms with Crippen LogP contribution in [0, 0.1) is 5.82 Å². The average Bonchev–Trinajstić information content (AvgIpc) is 2.39. The third kappa shape index (κ3) is 3.17. The van der Waals surface area contributed by atoms with E-state index in [1.165, 1.54) is 24.3 Å². The van der Waals surface area contributed by atoms with Gasteiger partial charge in [-0.15, -0.1) is 0 Å². The van der Waals surface area contributed by atoms with Crippen molar-refractivity contribution >= 4 is 0 Å². The molecule has 2 rings (SSSR count). The van der Waals surface area contributed by atoms with E-state index in [2.05, 4.69) is 5.32 Å². The normalized spacial score (nSPS) is 13.2. The van der Waals surface area contributed by atoms with Crippen molar-refractivity contribution in [2.45, 2.75) is 12.2 Å². The Morgan fingerprint density at radius 1 is 0.950 bits per heavy atom. The molecule has 5 heteroatoms. The number of hydrogen-bond acceptors (Lipinski definition) is 1. The summed E-state index contributed by atoms with van der Waals surface area (Å²) in [5.41, 5.74) is 0.605. The molecule has 1 unspecified atom stereocenters. The quantitative estimate of drug-likeness (QED) is 0.834. The number of nitrogens with one attached hydrogen (secondary N) is 1. The lowest BCUT2D eigenvalue weighted by Crippen LogP contribution is -2.18. The lowest BCUT2D eigenvalue weighted by molar-refractivity contribution is -0.137. The molecule has 0 aliphatic carbocycles. The maximum atomic E-state index is 13.2. The third-order valence-electron chi connectivity index (χ3n) is 3.04. The minimum Gasteiger partial charge on any atom is -0.309 e. The molecule has 0 bridgehead atoms. The Morgan fingerprint density at radius 3 is 2.10 bits per heavy atom. The van der Waals surface area contributed by atoms with E-state index in [9.17, 15) is 17.6 Å². The molecule has 0 heterocycles. The first kappa shape index (κ1) is 14.5. The number of hydrogen-bond donors (Lipinski definition) is 1. The van der Waals surface area contributed by atoms with Crippen LogP contribution in [0.3, 0.4) is 0 Å². The van der Waals surface area contributed by atoms with E-state index in [4.69, 9.17) is 0 Å². The Bertz CT molecular complexity index is 575. The monoisotopic (exact) mass is 283 g/mol. The summed E-state index contributed by atoms with van der Waals surface area (Å²) >= 11 is 0. The molecule has 2 aromatic carbocycles.